The van der Waals surface area contributed by atoms with Crippen LogP contribution in [-0.2, 0) is 19.1 Å². The second-order valence-corrected chi connectivity index (χ2v) is 3.14. The summed E-state index contributed by atoms with van der Waals surface area (Å²) >= 11 is 0. The lowest BCUT2D eigenvalue weighted by atomic mass is 10.2. The van der Waals surface area contributed by atoms with Crippen LogP contribution < -0.4 is 5.32 Å². The molecule has 0 saturated carbocycles. The van der Waals surface area contributed by atoms with Crippen LogP contribution in [0.3, 0.4) is 0 Å². The average molecular weight is 255 g/mol. The van der Waals surface area contributed by atoms with Crippen molar-refractivity contribution in [2.45, 2.75) is 6.92 Å². The normalized spacial score (nSPS) is 9.44. The fourth-order valence-electron chi connectivity index (χ4n) is 1.08. The average Bonchev–Trinajstić information content (AvgIpc) is 2.28. The van der Waals surface area contributed by atoms with Gasteiger partial charge < -0.3 is 14.8 Å². The van der Waals surface area contributed by atoms with Crippen molar-refractivity contribution in [1.29, 1.82) is 0 Å². The molecule has 0 unspecified atom stereocenters. The van der Waals surface area contributed by atoms with Crippen LogP contribution in [0, 0.1) is 5.82 Å². The summed E-state index contributed by atoms with van der Waals surface area (Å²) in [6.45, 7) is 0.566. The summed E-state index contributed by atoms with van der Waals surface area (Å²) in [5.74, 6) is -2.44. The van der Waals surface area contributed by atoms with E-state index in [9.17, 15) is 18.8 Å². The molecule has 0 aliphatic rings. The van der Waals surface area contributed by atoms with Gasteiger partial charge in [-0.15, -0.1) is 0 Å². The summed E-state index contributed by atoms with van der Waals surface area (Å²) < 4.78 is 22.3. The van der Waals surface area contributed by atoms with Crippen molar-refractivity contribution < 1.29 is 28.2 Å². The number of carbonyl (C=O) groups excluding carboxylic acids is 3. The first-order valence-corrected chi connectivity index (χ1v) is 4.85. The second kappa shape index (κ2) is 6.33. The molecule has 0 aromatic heterocycles. The second-order valence-electron chi connectivity index (χ2n) is 3.14. The molecule has 96 valence electrons. The van der Waals surface area contributed by atoms with Gasteiger partial charge in [0, 0.05) is 12.6 Å². The molecule has 6 nitrogen and oxygen atoms in total. The minimum absolute atomic E-state index is 0.207. The van der Waals surface area contributed by atoms with E-state index in [1.165, 1.54) is 6.07 Å². The third-order valence-electron chi connectivity index (χ3n) is 1.87. The van der Waals surface area contributed by atoms with Crippen LogP contribution in [0.2, 0.25) is 0 Å². The zero-order valence-corrected chi connectivity index (χ0v) is 9.44. The van der Waals surface area contributed by atoms with Crippen LogP contribution in [0.25, 0.3) is 0 Å². The number of carbonyl (C=O) groups is 3. The fraction of sp³-hybridized carbons (Fsp3) is 0.182. The Morgan fingerprint density at radius 3 is 2.67 bits per heavy atom. The van der Waals surface area contributed by atoms with Gasteiger partial charge >= 0.3 is 11.9 Å². The molecular formula is C11H10FNO5. The smallest absolute Gasteiger partial charge is 0.344 e. The maximum atomic E-state index is 13.4. The number of amides is 1. The van der Waals surface area contributed by atoms with E-state index in [0.29, 0.717) is 6.41 Å². The topological polar surface area (TPSA) is 81.7 Å². The van der Waals surface area contributed by atoms with Crippen molar-refractivity contribution in [1.82, 2.24) is 0 Å². The molecule has 7 heteroatoms. The molecule has 0 radical (unpaired) electrons. The summed E-state index contributed by atoms with van der Waals surface area (Å²) in [6, 6.07) is 3.45. The number of halogens is 1. The Kier molecular flexibility index (Phi) is 4.79. The summed E-state index contributed by atoms with van der Waals surface area (Å²) in [5.41, 5.74) is -0.113. The lowest BCUT2D eigenvalue weighted by Gasteiger charge is -2.06. The van der Waals surface area contributed by atoms with Crippen molar-refractivity contribution in [3.8, 4) is 0 Å². The van der Waals surface area contributed by atoms with Gasteiger partial charge in [-0.1, -0.05) is 0 Å². The van der Waals surface area contributed by atoms with Crippen LogP contribution >= 0.6 is 0 Å². The van der Waals surface area contributed by atoms with E-state index >= 15 is 0 Å². The quantitative estimate of drug-likeness (QED) is 0.483. The van der Waals surface area contributed by atoms with Gasteiger partial charge in [0.15, 0.2) is 0 Å². The molecule has 0 atom stereocenters. The monoisotopic (exact) mass is 255 g/mol. The predicted octanol–water partition coefficient (Wildman–Crippen LogP) is 1.07. The summed E-state index contributed by atoms with van der Waals surface area (Å²) in [5, 5.41) is 2.23. The van der Waals surface area contributed by atoms with Crippen LogP contribution in [-0.4, -0.2) is 25.1 Å². The van der Waals surface area contributed by atoms with E-state index in [0.717, 1.165) is 19.1 Å². The van der Waals surface area contributed by atoms with Crippen molar-refractivity contribution in [2.24, 2.45) is 0 Å². The third-order valence-corrected chi connectivity index (χ3v) is 1.87. The first-order valence-electron chi connectivity index (χ1n) is 4.85. The van der Waals surface area contributed by atoms with Gasteiger partial charge in [0.1, 0.15) is 5.82 Å². The van der Waals surface area contributed by atoms with Gasteiger partial charge in [-0.25, -0.2) is 9.18 Å². The van der Waals surface area contributed by atoms with Crippen molar-refractivity contribution in [3.05, 3.63) is 29.6 Å². The number of benzene rings is 1. The Hall–Kier alpha value is -2.44. The van der Waals surface area contributed by atoms with Gasteiger partial charge in [0.2, 0.25) is 13.2 Å². The number of hydrogen-bond donors (Lipinski definition) is 1. The number of anilines is 1. The van der Waals surface area contributed by atoms with Gasteiger partial charge in [-0.2, -0.15) is 0 Å². The van der Waals surface area contributed by atoms with Crippen LogP contribution in [0.1, 0.15) is 17.3 Å². The van der Waals surface area contributed by atoms with Crippen molar-refractivity contribution in [3.63, 3.8) is 0 Å². The molecule has 18 heavy (non-hydrogen) atoms. The number of hydrogen-bond acceptors (Lipinski definition) is 5. The van der Waals surface area contributed by atoms with E-state index in [-0.39, 0.29) is 11.3 Å². The molecule has 1 aromatic rings. The summed E-state index contributed by atoms with van der Waals surface area (Å²) in [4.78, 5) is 31.9. The summed E-state index contributed by atoms with van der Waals surface area (Å²) in [6.07, 6.45) is 0.382. The van der Waals surface area contributed by atoms with Crippen LogP contribution in [0.5, 0.6) is 0 Å². The molecular weight excluding hydrogens is 245 g/mol. The number of rotatable bonds is 5. The van der Waals surface area contributed by atoms with E-state index in [1.54, 1.807) is 0 Å². The number of ether oxygens (including phenoxy) is 2. The van der Waals surface area contributed by atoms with E-state index in [4.69, 9.17) is 0 Å². The van der Waals surface area contributed by atoms with Gasteiger partial charge in [0.25, 0.3) is 0 Å². The van der Waals surface area contributed by atoms with Gasteiger partial charge in [0.05, 0.1) is 5.56 Å². The zero-order valence-electron chi connectivity index (χ0n) is 9.44. The number of esters is 2. The van der Waals surface area contributed by atoms with Crippen LogP contribution in [0.15, 0.2) is 18.2 Å². The maximum Gasteiger partial charge on any atom is 0.344 e. The van der Waals surface area contributed by atoms with Gasteiger partial charge in [-0.05, 0) is 18.2 Å². The lowest BCUT2D eigenvalue weighted by molar-refractivity contribution is -0.149. The molecule has 0 aliphatic carbocycles. The van der Waals surface area contributed by atoms with Crippen molar-refractivity contribution in [2.75, 3.05) is 12.1 Å². The maximum absolute atomic E-state index is 13.4. The Morgan fingerprint density at radius 2 is 2.11 bits per heavy atom. The molecule has 0 spiro atoms. The summed E-state index contributed by atoms with van der Waals surface area (Å²) in [7, 11) is 0. The van der Waals surface area contributed by atoms with Gasteiger partial charge in [-0.3, -0.25) is 9.59 Å². The molecule has 1 N–H and O–H groups in total. The first-order chi connectivity index (χ1) is 8.54. The predicted molar refractivity (Wildman–Crippen MR) is 58.1 cm³/mol. The van der Waals surface area contributed by atoms with Crippen molar-refractivity contribution >= 4 is 24.0 Å². The minimum Gasteiger partial charge on any atom is -0.428 e. The largest absolute Gasteiger partial charge is 0.428 e. The highest BCUT2D eigenvalue weighted by molar-refractivity contribution is 5.90. The van der Waals surface area contributed by atoms with E-state index in [2.05, 4.69) is 14.8 Å². The van der Waals surface area contributed by atoms with E-state index < -0.39 is 24.5 Å². The molecule has 1 aromatic carbocycles. The Morgan fingerprint density at radius 1 is 1.39 bits per heavy atom. The van der Waals surface area contributed by atoms with Crippen LogP contribution in [0.4, 0.5) is 10.1 Å². The minimum atomic E-state index is -0.966. The molecule has 0 bridgehead atoms. The van der Waals surface area contributed by atoms with E-state index in [1.807, 2.05) is 0 Å². The molecule has 0 heterocycles. The molecule has 0 saturated heterocycles. The highest BCUT2D eigenvalue weighted by Crippen LogP contribution is 2.15. The standard InChI is InChI=1S/C11H10FNO5/c1-7(15)17-6-18-11(16)9-3-2-8(13-5-14)4-10(9)12/h2-5H,6H2,1H3,(H,13,14). The Balaban J connectivity index is 2.68. The molecule has 0 fully saturated rings. The Bertz CT molecular complexity index is 475. The molecule has 1 amide bonds. The first kappa shape index (κ1) is 13.6. The third kappa shape index (κ3) is 3.85. The highest BCUT2D eigenvalue weighted by Gasteiger charge is 2.14. The molecule has 0 aliphatic heterocycles. The number of nitrogens with one attached hydrogen (secondary N) is 1. The fourth-order valence-corrected chi connectivity index (χ4v) is 1.08. The lowest BCUT2D eigenvalue weighted by Crippen LogP contribution is -2.12. The highest BCUT2D eigenvalue weighted by atomic mass is 19.1. The Labute approximate surface area is 102 Å². The SMILES string of the molecule is CC(=O)OCOC(=O)c1ccc(NC=O)cc1F. The zero-order chi connectivity index (χ0) is 13.5. The molecule has 1 rings (SSSR count).